The normalized spacial score (nSPS) is 24.2. The van der Waals surface area contributed by atoms with E-state index in [1.165, 1.54) is 4.31 Å². The Hall–Kier alpha value is -0.720. The molecule has 0 amide bonds. The van der Waals surface area contributed by atoms with E-state index in [0.717, 1.165) is 5.57 Å². The molecule has 0 aromatic rings. The van der Waals surface area contributed by atoms with Gasteiger partial charge >= 0.3 is 5.97 Å². The minimum Gasteiger partial charge on any atom is -0.480 e. The lowest BCUT2D eigenvalue weighted by Crippen LogP contribution is -2.49. The van der Waals surface area contributed by atoms with Crippen LogP contribution in [0.2, 0.25) is 0 Å². The molecule has 1 heterocycles. The van der Waals surface area contributed by atoms with Gasteiger partial charge in [-0.25, -0.2) is 8.51 Å². The van der Waals surface area contributed by atoms with Gasteiger partial charge in [0.2, 0.25) is 0 Å². The summed E-state index contributed by atoms with van der Waals surface area (Å²) in [6, 6.07) is 0. The second kappa shape index (κ2) is 5.29. The van der Waals surface area contributed by atoms with Crippen molar-refractivity contribution in [2.75, 3.05) is 19.6 Å². The Bertz CT molecular complexity index is 366. The molecule has 0 aromatic carbocycles. The quantitative estimate of drug-likeness (QED) is 0.767. The average molecular weight is 260 g/mol. The predicted octanol–water partition coefficient (Wildman–Crippen LogP) is 1.01. The van der Waals surface area contributed by atoms with Crippen LogP contribution in [0.4, 0.5) is 0 Å². The Morgan fingerprint density at radius 2 is 2.06 bits per heavy atom. The molecule has 0 saturated carbocycles. The van der Waals surface area contributed by atoms with Crippen LogP contribution in [-0.2, 0) is 16.0 Å². The highest BCUT2D eigenvalue weighted by atomic mass is 32.2. The van der Waals surface area contributed by atoms with E-state index in [1.807, 2.05) is 19.9 Å². The van der Waals surface area contributed by atoms with Crippen LogP contribution in [0.25, 0.3) is 0 Å². The molecule has 1 atom stereocenters. The molecule has 1 saturated heterocycles. The van der Waals surface area contributed by atoms with Crippen LogP contribution in [0, 0.1) is 0 Å². The summed E-state index contributed by atoms with van der Waals surface area (Å²) >= 11 is -1.37. The second-order valence-electron chi connectivity index (χ2n) is 4.70. The van der Waals surface area contributed by atoms with Gasteiger partial charge in [-0.2, -0.15) is 4.31 Å². The molecule has 1 aliphatic heterocycles. The lowest BCUT2D eigenvalue weighted by Gasteiger charge is -2.29. The third-order valence-corrected chi connectivity index (χ3v) is 4.80. The highest BCUT2D eigenvalue weighted by Crippen LogP contribution is 2.24. The number of nitrogens with zero attached hydrogens (tertiary/aromatic N) is 2. The first-order valence-electron chi connectivity index (χ1n) is 5.60. The molecule has 1 rings (SSSR count). The summed E-state index contributed by atoms with van der Waals surface area (Å²) in [6.45, 7) is 8.85. The third-order valence-electron chi connectivity index (χ3n) is 3.03. The molecule has 0 radical (unpaired) electrons. The molecule has 1 unspecified atom stereocenters. The summed E-state index contributed by atoms with van der Waals surface area (Å²) < 4.78 is 15.5. The molecule has 0 aliphatic carbocycles. The van der Waals surface area contributed by atoms with Gasteiger partial charge in [0.1, 0.15) is 5.54 Å². The molecule has 1 N–H and O–H groups in total. The highest BCUT2D eigenvalue weighted by Gasteiger charge is 2.43. The van der Waals surface area contributed by atoms with Gasteiger partial charge < -0.3 is 5.11 Å². The minimum atomic E-state index is -1.37. The Labute approximate surface area is 105 Å². The number of hydrogen-bond donors (Lipinski definition) is 1. The van der Waals surface area contributed by atoms with E-state index < -0.39 is 22.7 Å². The van der Waals surface area contributed by atoms with E-state index in [9.17, 15) is 9.00 Å². The molecular formula is C11H20N2O3S. The summed E-state index contributed by atoms with van der Waals surface area (Å²) in [6.07, 6.45) is 1.97. The molecule has 0 bridgehead atoms. The Balaban J connectivity index is 2.77. The summed E-state index contributed by atoms with van der Waals surface area (Å²) in [4.78, 5) is 11.1. The maximum atomic E-state index is 12.2. The SMILES string of the molecule is C/C=C(\C)CN1CCN(C(C)(C)C(=O)O)S1=O. The number of carboxylic acids is 1. The van der Waals surface area contributed by atoms with E-state index in [1.54, 1.807) is 18.2 Å². The van der Waals surface area contributed by atoms with Crippen molar-refractivity contribution in [3.05, 3.63) is 11.6 Å². The van der Waals surface area contributed by atoms with Crippen LogP contribution in [0.15, 0.2) is 11.6 Å². The van der Waals surface area contributed by atoms with Gasteiger partial charge in [0, 0.05) is 19.6 Å². The Morgan fingerprint density at radius 1 is 1.47 bits per heavy atom. The van der Waals surface area contributed by atoms with Crippen LogP contribution in [0.3, 0.4) is 0 Å². The molecule has 1 fully saturated rings. The second-order valence-corrected chi connectivity index (χ2v) is 6.11. The van der Waals surface area contributed by atoms with Crippen molar-refractivity contribution in [1.29, 1.82) is 0 Å². The van der Waals surface area contributed by atoms with Gasteiger partial charge in [-0.3, -0.25) is 4.79 Å². The summed E-state index contributed by atoms with van der Waals surface area (Å²) in [5.41, 5.74) is 0.0389. The van der Waals surface area contributed by atoms with Crippen molar-refractivity contribution in [2.24, 2.45) is 0 Å². The zero-order chi connectivity index (χ0) is 13.2. The van der Waals surface area contributed by atoms with E-state index in [2.05, 4.69) is 0 Å². The Kier molecular flexibility index (Phi) is 4.46. The lowest BCUT2D eigenvalue weighted by atomic mass is 10.1. The van der Waals surface area contributed by atoms with Crippen molar-refractivity contribution in [3.63, 3.8) is 0 Å². The van der Waals surface area contributed by atoms with Gasteiger partial charge in [0.05, 0.1) is 0 Å². The van der Waals surface area contributed by atoms with Crippen LogP contribution in [-0.4, -0.2) is 49.1 Å². The van der Waals surface area contributed by atoms with Crippen molar-refractivity contribution >= 4 is 17.1 Å². The number of carboxylic acid groups (broad SMARTS) is 1. The fourth-order valence-corrected chi connectivity index (χ4v) is 3.12. The van der Waals surface area contributed by atoms with Gasteiger partial charge in [0.15, 0.2) is 11.2 Å². The number of hydrogen-bond acceptors (Lipinski definition) is 2. The fourth-order valence-electron chi connectivity index (χ4n) is 1.58. The van der Waals surface area contributed by atoms with Crippen molar-refractivity contribution in [2.45, 2.75) is 33.2 Å². The first-order chi connectivity index (χ1) is 7.80. The van der Waals surface area contributed by atoms with Gasteiger partial charge in [0.25, 0.3) is 0 Å². The van der Waals surface area contributed by atoms with Crippen molar-refractivity contribution in [1.82, 2.24) is 8.61 Å². The average Bonchev–Trinajstić information content (AvgIpc) is 2.60. The van der Waals surface area contributed by atoms with Gasteiger partial charge in [-0.05, 0) is 27.7 Å². The first-order valence-corrected chi connectivity index (χ1v) is 6.67. The summed E-state index contributed by atoms with van der Waals surface area (Å²) in [5.74, 6) is -0.949. The third kappa shape index (κ3) is 2.94. The zero-order valence-corrected chi connectivity index (χ0v) is 11.6. The van der Waals surface area contributed by atoms with Crippen LogP contribution in [0.1, 0.15) is 27.7 Å². The standard InChI is InChI=1S/C11H20N2O3S/c1-5-9(2)8-12-6-7-13(17(12)16)11(3,4)10(14)15/h5H,6-8H2,1-4H3,(H,14,15)/b9-5+. The number of aliphatic carboxylic acids is 1. The first kappa shape index (κ1) is 14.3. The van der Waals surface area contributed by atoms with Crippen LogP contribution in [0.5, 0.6) is 0 Å². The highest BCUT2D eigenvalue weighted by molar-refractivity contribution is 7.80. The number of allylic oxidation sites excluding steroid dienone is 1. The topological polar surface area (TPSA) is 60.9 Å². The van der Waals surface area contributed by atoms with E-state index in [-0.39, 0.29) is 0 Å². The summed E-state index contributed by atoms with van der Waals surface area (Å²) in [7, 11) is 0. The lowest BCUT2D eigenvalue weighted by molar-refractivity contribution is -0.146. The fraction of sp³-hybridized carbons (Fsp3) is 0.727. The monoisotopic (exact) mass is 260 g/mol. The molecule has 5 nitrogen and oxygen atoms in total. The molecular weight excluding hydrogens is 240 g/mol. The van der Waals surface area contributed by atoms with E-state index in [4.69, 9.17) is 5.11 Å². The summed E-state index contributed by atoms with van der Waals surface area (Å²) in [5, 5.41) is 9.13. The van der Waals surface area contributed by atoms with Crippen LogP contribution < -0.4 is 0 Å². The van der Waals surface area contributed by atoms with E-state index >= 15 is 0 Å². The van der Waals surface area contributed by atoms with Crippen LogP contribution >= 0.6 is 0 Å². The molecule has 0 aromatic heterocycles. The number of carbonyl (C=O) groups is 1. The number of rotatable bonds is 4. The zero-order valence-electron chi connectivity index (χ0n) is 10.8. The largest absolute Gasteiger partial charge is 0.480 e. The molecule has 98 valence electrons. The Morgan fingerprint density at radius 3 is 2.53 bits per heavy atom. The smallest absolute Gasteiger partial charge is 0.324 e. The molecule has 17 heavy (non-hydrogen) atoms. The molecule has 0 spiro atoms. The molecule has 1 aliphatic rings. The minimum absolute atomic E-state index is 0.517. The maximum absolute atomic E-state index is 12.2. The van der Waals surface area contributed by atoms with Gasteiger partial charge in [-0.1, -0.05) is 11.6 Å². The predicted molar refractivity (Wildman–Crippen MR) is 67.6 cm³/mol. The molecule has 6 heteroatoms. The van der Waals surface area contributed by atoms with Gasteiger partial charge in [-0.15, -0.1) is 0 Å². The van der Waals surface area contributed by atoms with Crippen molar-refractivity contribution < 1.29 is 14.1 Å². The van der Waals surface area contributed by atoms with Crippen molar-refractivity contribution in [3.8, 4) is 0 Å². The maximum Gasteiger partial charge on any atom is 0.324 e. The van der Waals surface area contributed by atoms with E-state index in [0.29, 0.717) is 19.6 Å².